The fourth-order valence-electron chi connectivity index (χ4n) is 7.56. The molecular weight excluding hydrogens is 599 g/mol. The number of nitrogens with zero attached hydrogens (tertiary/aromatic N) is 1. The van der Waals surface area contributed by atoms with E-state index in [0.717, 1.165) is 5.69 Å². The average Bonchev–Trinajstić information content (AvgIpc) is 3.52. The maximum absolute atomic E-state index is 2.50. The van der Waals surface area contributed by atoms with Crippen molar-refractivity contribution in [3.63, 3.8) is 0 Å². The molecule has 10 rings (SSSR count). The molecule has 0 fully saturated rings. The van der Waals surface area contributed by atoms with Crippen LogP contribution in [0.25, 0.3) is 74.4 Å². The van der Waals surface area contributed by atoms with Crippen molar-refractivity contribution < 1.29 is 0 Å². The minimum Gasteiger partial charge on any atom is -0.309 e. The Hall–Kier alpha value is -5.96. The van der Waals surface area contributed by atoms with Gasteiger partial charge in [-0.3, -0.25) is 0 Å². The summed E-state index contributed by atoms with van der Waals surface area (Å²) in [4.78, 5) is 2.50. The summed E-state index contributed by atoms with van der Waals surface area (Å²) in [7, 11) is 0. The maximum atomic E-state index is 2.50. The van der Waals surface area contributed by atoms with Crippen molar-refractivity contribution in [3.8, 4) is 11.1 Å². The van der Waals surface area contributed by atoms with Crippen LogP contribution in [0, 0.1) is 0 Å². The van der Waals surface area contributed by atoms with Gasteiger partial charge in [0.05, 0.1) is 11.4 Å². The molecule has 0 aliphatic carbocycles. The van der Waals surface area contributed by atoms with E-state index in [2.05, 4.69) is 181 Å². The Kier molecular flexibility index (Phi) is 6.12. The van der Waals surface area contributed by atoms with E-state index in [1.807, 2.05) is 11.3 Å². The Morgan fingerprint density at radius 2 is 0.979 bits per heavy atom. The Morgan fingerprint density at radius 3 is 1.79 bits per heavy atom. The van der Waals surface area contributed by atoms with E-state index in [1.165, 1.54) is 85.8 Å². The molecule has 0 spiro atoms. The fraction of sp³-hybridized carbons (Fsp3) is 0. The lowest BCUT2D eigenvalue weighted by atomic mass is 9.94. The third kappa shape index (κ3) is 4.24. The molecular formula is C46H29NS. The lowest BCUT2D eigenvalue weighted by Crippen LogP contribution is -2.11. The van der Waals surface area contributed by atoms with E-state index in [1.54, 1.807) is 0 Å². The van der Waals surface area contributed by atoms with Crippen LogP contribution in [0.2, 0.25) is 0 Å². The molecule has 0 amide bonds. The molecule has 0 N–H and O–H groups in total. The van der Waals surface area contributed by atoms with E-state index in [4.69, 9.17) is 0 Å². The van der Waals surface area contributed by atoms with E-state index in [9.17, 15) is 0 Å². The molecule has 1 aromatic heterocycles. The summed E-state index contributed by atoms with van der Waals surface area (Å²) in [6, 6.07) is 64.6. The summed E-state index contributed by atoms with van der Waals surface area (Å²) in [5.41, 5.74) is 5.92. The van der Waals surface area contributed by atoms with Crippen LogP contribution in [-0.2, 0) is 0 Å². The number of benzene rings is 9. The summed E-state index contributed by atoms with van der Waals surface area (Å²) in [6.07, 6.45) is 0. The first-order valence-corrected chi connectivity index (χ1v) is 17.2. The van der Waals surface area contributed by atoms with Gasteiger partial charge in [-0.2, -0.15) is 0 Å². The zero-order valence-electron chi connectivity index (χ0n) is 26.1. The minimum absolute atomic E-state index is 1.13. The second-order valence-corrected chi connectivity index (χ2v) is 13.6. The lowest BCUT2D eigenvalue weighted by Gasteiger charge is -2.29. The van der Waals surface area contributed by atoms with Crippen molar-refractivity contribution in [1.29, 1.82) is 0 Å². The SMILES string of the molecule is c1ccc(-c2ccc(N(c3cc4ccc5ccccc5c4c4ccccc34)c3cccc4sc5cc6ccccc6cc5c34)cc2)cc1. The van der Waals surface area contributed by atoms with Gasteiger partial charge in [0, 0.05) is 31.2 Å². The van der Waals surface area contributed by atoms with Crippen molar-refractivity contribution in [3.05, 3.63) is 176 Å². The van der Waals surface area contributed by atoms with E-state index in [-0.39, 0.29) is 0 Å². The first kappa shape index (κ1) is 27.2. The largest absolute Gasteiger partial charge is 0.309 e. The molecule has 0 bridgehead atoms. The maximum Gasteiger partial charge on any atom is 0.0555 e. The summed E-state index contributed by atoms with van der Waals surface area (Å²) < 4.78 is 2.60. The normalized spacial score (nSPS) is 11.8. The Balaban J connectivity index is 1.30. The van der Waals surface area contributed by atoms with E-state index in [0.29, 0.717) is 0 Å². The average molecular weight is 628 g/mol. The van der Waals surface area contributed by atoms with Gasteiger partial charge in [0.25, 0.3) is 0 Å². The summed E-state index contributed by atoms with van der Waals surface area (Å²) >= 11 is 1.88. The van der Waals surface area contributed by atoms with Crippen molar-refractivity contribution in [1.82, 2.24) is 0 Å². The zero-order valence-corrected chi connectivity index (χ0v) is 26.9. The molecule has 0 saturated carbocycles. The van der Waals surface area contributed by atoms with Crippen LogP contribution in [-0.4, -0.2) is 0 Å². The molecule has 1 heterocycles. The molecule has 0 aliphatic rings. The minimum atomic E-state index is 1.13. The van der Waals surface area contributed by atoms with E-state index >= 15 is 0 Å². The second kappa shape index (κ2) is 10.8. The Bertz CT molecular complexity index is 2830. The van der Waals surface area contributed by atoms with Crippen LogP contribution in [0.15, 0.2) is 176 Å². The smallest absolute Gasteiger partial charge is 0.0555 e. The fourth-order valence-corrected chi connectivity index (χ4v) is 8.72. The molecule has 9 aromatic carbocycles. The molecule has 0 aliphatic heterocycles. The van der Waals surface area contributed by atoms with Crippen LogP contribution in [0.1, 0.15) is 0 Å². The number of fused-ring (bicyclic) bond motifs is 9. The first-order chi connectivity index (χ1) is 23.8. The third-order valence-electron chi connectivity index (χ3n) is 9.78. The van der Waals surface area contributed by atoms with Crippen molar-refractivity contribution in [2.24, 2.45) is 0 Å². The van der Waals surface area contributed by atoms with Crippen LogP contribution < -0.4 is 4.90 Å². The number of rotatable bonds is 4. The molecule has 224 valence electrons. The van der Waals surface area contributed by atoms with Gasteiger partial charge >= 0.3 is 0 Å². The second-order valence-electron chi connectivity index (χ2n) is 12.5. The number of anilines is 3. The lowest BCUT2D eigenvalue weighted by molar-refractivity contribution is 1.32. The van der Waals surface area contributed by atoms with Gasteiger partial charge in [-0.15, -0.1) is 11.3 Å². The van der Waals surface area contributed by atoms with Crippen molar-refractivity contribution >= 4 is 91.7 Å². The van der Waals surface area contributed by atoms with Gasteiger partial charge in [-0.1, -0.05) is 133 Å². The Labute approximate surface area is 282 Å². The summed E-state index contributed by atoms with van der Waals surface area (Å²) in [6.45, 7) is 0. The predicted molar refractivity (Wildman–Crippen MR) is 209 cm³/mol. The van der Waals surface area contributed by atoms with Gasteiger partial charge in [0.2, 0.25) is 0 Å². The highest BCUT2D eigenvalue weighted by Crippen LogP contribution is 2.49. The van der Waals surface area contributed by atoms with Gasteiger partial charge in [-0.25, -0.2) is 0 Å². The number of thiophene rings is 1. The molecule has 0 radical (unpaired) electrons. The highest BCUT2D eigenvalue weighted by molar-refractivity contribution is 7.26. The van der Waals surface area contributed by atoms with Gasteiger partial charge in [-0.05, 0) is 91.3 Å². The monoisotopic (exact) mass is 627 g/mol. The zero-order chi connectivity index (χ0) is 31.6. The summed E-state index contributed by atoms with van der Waals surface area (Å²) in [5, 5.41) is 12.7. The van der Waals surface area contributed by atoms with Crippen LogP contribution in [0.4, 0.5) is 17.1 Å². The number of hydrogen-bond acceptors (Lipinski definition) is 2. The first-order valence-electron chi connectivity index (χ1n) is 16.4. The molecule has 48 heavy (non-hydrogen) atoms. The van der Waals surface area contributed by atoms with Gasteiger partial charge in [0.15, 0.2) is 0 Å². The van der Waals surface area contributed by atoms with Crippen LogP contribution in [0.3, 0.4) is 0 Å². The summed E-state index contributed by atoms with van der Waals surface area (Å²) in [5.74, 6) is 0. The molecule has 1 nitrogen and oxygen atoms in total. The van der Waals surface area contributed by atoms with Crippen LogP contribution >= 0.6 is 11.3 Å². The molecule has 2 heteroatoms. The molecule has 0 unspecified atom stereocenters. The topological polar surface area (TPSA) is 3.24 Å². The quantitative estimate of drug-likeness (QED) is 0.176. The van der Waals surface area contributed by atoms with E-state index < -0.39 is 0 Å². The van der Waals surface area contributed by atoms with Gasteiger partial charge < -0.3 is 4.90 Å². The van der Waals surface area contributed by atoms with Crippen LogP contribution in [0.5, 0.6) is 0 Å². The number of hydrogen-bond donors (Lipinski definition) is 0. The third-order valence-corrected chi connectivity index (χ3v) is 10.9. The standard InChI is InChI=1S/C46H29NS/c1-2-11-30(12-3-1)31-23-25-36(26-24-31)47(41-19-10-20-43-46(41)40-27-33-14-4-5-15-34(33)29-44(40)48-43)42-28-35-22-21-32-13-6-7-16-37(32)45(35)39-18-9-8-17-38(39)42/h1-29H. The van der Waals surface area contributed by atoms with Crippen molar-refractivity contribution in [2.45, 2.75) is 0 Å². The highest BCUT2D eigenvalue weighted by Gasteiger charge is 2.22. The molecule has 10 aromatic rings. The molecule has 0 atom stereocenters. The van der Waals surface area contributed by atoms with Gasteiger partial charge in [0.1, 0.15) is 0 Å². The van der Waals surface area contributed by atoms with Crippen molar-refractivity contribution in [2.75, 3.05) is 4.90 Å². The highest BCUT2D eigenvalue weighted by atomic mass is 32.1. The predicted octanol–water partition coefficient (Wildman–Crippen LogP) is 13.8. The Morgan fingerprint density at radius 1 is 0.333 bits per heavy atom. The molecule has 0 saturated heterocycles.